The number of fused-ring (bicyclic) bond motifs is 1. The van der Waals surface area contributed by atoms with Gasteiger partial charge in [-0.05, 0) is 53.8 Å². The highest BCUT2D eigenvalue weighted by Gasteiger charge is 2.23. The van der Waals surface area contributed by atoms with E-state index in [2.05, 4.69) is 101 Å². The summed E-state index contributed by atoms with van der Waals surface area (Å²) in [5.74, 6) is 0.0307. The number of hydrogen-bond acceptors (Lipinski definition) is 2. The van der Waals surface area contributed by atoms with E-state index in [-0.39, 0.29) is 24.2 Å². The summed E-state index contributed by atoms with van der Waals surface area (Å²) >= 11 is 0. The van der Waals surface area contributed by atoms with E-state index in [0.29, 0.717) is 13.0 Å². The van der Waals surface area contributed by atoms with Crippen LogP contribution in [0.3, 0.4) is 0 Å². The Morgan fingerprint density at radius 2 is 1.65 bits per heavy atom. The van der Waals surface area contributed by atoms with Gasteiger partial charge in [-0.3, -0.25) is 9.78 Å². The molecule has 5 rings (SSSR count). The molecule has 3 aromatic carbocycles. The van der Waals surface area contributed by atoms with Crippen LogP contribution in [0.4, 0.5) is 0 Å². The standard InChI is InChI=1S/C32H31N3O.ClH/c1-24-8-7-11-27(20-24)29(21-32(36)34-19-16-25-14-17-33-18-15-25)30-23-35(22-26-9-3-2-4-10-26)31-13-6-5-12-28(30)31;/h2-15,17-18,20,23,29H,16,19,21-22H2,1H3,(H,34,36);1H. The molecule has 0 aliphatic rings. The first-order valence-electron chi connectivity index (χ1n) is 12.5. The number of para-hydroxylation sites is 1. The molecule has 1 amide bonds. The molecule has 0 spiro atoms. The average molecular weight is 510 g/mol. The molecule has 0 saturated heterocycles. The largest absolute Gasteiger partial charge is 0.356 e. The van der Waals surface area contributed by atoms with Gasteiger partial charge in [-0.25, -0.2) is 0 Å². The van der Waals surface area contributed by atoms with Gasteiger partial charge in [-0.15, -0.1) is 12.4 Å². The van der Waals surface area contributed by atoms with Crippen molar-refractivity contribution in [2.75, 3.05) is 6.54 Å². The number of aromatic nitrogens is 2. The molecule has 0 bridgehead atoms. The van der Waals surface area contributed by atoms with Crippen molar-refractivity contribution in [2.24, 2.45) is 0 Å². The van der Waals surface area contributed by atoms with E-state index in [1.807, 2.05) is 18.2 Å². The maximum Gasteiger partial charge on any atom is 0.220 e. The number of amides is 1. The highest BCUT2D eigenvalue weighted by molar-refractivity contribution is 5.87. The van der Waals surface area contributed by atoms with Gasteiger partial charge in [0.1, 0.15) is 0 Å². The summed E-state index contributed by atoms with van der Waals surface area (Å²) in [4.78, 5) is 17.2. The zero-order valence-corrected chi connectivity index (χ0v) is 21.8. The average Bonchev–Trinajstić information content (AvgIpc) is 3.26. The minimum absolute atomic E-state index is 0. The van der Waals surface area contributed by atoms with Crippen molar-refractivity contribution in [1.29, 1.82) is 0 Å². The van der Waals surface area contributed by atoms with E-state index in [1.54, 1.807) is 12.4 Å². The Hall–Kier alpha value is -3.89. The van der Waals surface area contributed by atoms with Crippen LogP contribution in [0.25, 0.3) is 10.9 Å². The number of carbonyl (C=O) groups is 1. The number of benzene rings is 3. The number of hydrogen-bond donors (Lipinski definition) is 1. The summed E-state index contributed by atoms with van der Waals surface area (Å²) in [6.45, 7) is 3.51. The second kappa shape index (κ2) is 12.4. The molecule has 0 radical (unpaired) electrons. The Balaban J connectivity index is 0.00000320. The first-order chi connectivity index (χ1) is 17.7. The van der Waals surface area contributed by atoms with Crippen molar-refractivity contribution in [3.8, 4) is 0 Å². The molecule has 0 fully saturated rings. The maximum atomic E-state index is 13.2. The minimum atomic E-state index is -0.0345. The Labute approximate surface area is 224 Å². The SMILES string of the molecule is Cc1cccc(C(CC(=O)NCCc2ccncc2)c2cn(Cc3ccccc3)c3ccccc23)c1.Cl. The minimum Gasteiger partial charge on any atom is -0.356 e. The van der Waals surface area contributed by atoms with E-state index < -0.39 is 0 Å². The van der Waals surface area contributed by atoms with Crippen LogP contribution in [0.2, 0.25) is 0 Å². The second-order valence-electron chi connectivity index (χ2n) is 9.34. The van der Waals surface area contributed by atoms with Gasteiger partial charge in [0.05, 0.1) is 0 Å². The molecule has 2 heterocycles. The summed E-state index contributed by atoms with van der Waals surface area (Å²) < 4.78 is 2.31. The van der Waals surface area contributed by atoms with E-state index >= 15 is 0 Å². The predicted octanol–water partition coefficient (Wildman–Crippen LogP) is 6.70. The molecule has 5 aromatic rings. The monoisotopic (exact) mass is 509 g/mol. The topological polar surface area (TPSA) is 46.9 Å². The summed E-state index contributed by atoms with van der Waals surface area (Å²) in [5, 5.41) is 4.34. The van der Waals surface area contributed by atoms with Crippen LogP contribution in [0.1, 0.15) is 40.2 Å². The third kappa shape index (κ3) is 6.46. The lowest BCUT2D eigenvalue weighted by atomic mass is 9.87. The molecular formula is C32H32ClN3O. The predicted molar refractivity (Wildman–Crippen MR) is 153 cm³/mol. The maximum absolute atomic E-state index is 13.2. The summed E-state index contributed by atoms with van der Waals surface area (Å²) in [6, 6.07) is 31.5. The smallest absolute Gasteiger partial charge is 0.220 e. The molecule has 0 aliphatic carbocycles. The molecule has 5 heteroatoms. The molecule has 1 atom stereocenters. The molecule has 37 heavy (non-hydrogen) atoms. The van der Waals surface area contributed by atoms with E-state index in [9.17, 15) is 4.79 Å². The number of nitrogens with one attached hydrogen (secondary N) is 1. The molecule has 0 aliphatic heterocycles. The quantitative estimate of drug-likeness (QED) is 0.240. The third-order valence-corrected chi connectivity index (χ3v) is 6.71. The number of nitrogens with zero attached hydrogens (tertiary/aromatic N) is 2. The molecule has 1 N–H and O–H groups in total. The number of carbonyl (C=O) groups excluding carboxylic acids is 1. The van der Waals surface area contributed by atoms with Gasteiger partial charge in [-0.2, -0.15) is 0 Å². The van der Waals surface area contributed by atoms with Crippen molar-refractivity contribution in [3.05, 3.63) is 137 Å². The van der Waals surface area contributed by atoms with Crippen LogP contribution in [0.5, 0.6) is 0 Å². The van der Waals surface area contributed by atoms with Crippen molar-refractivity contribution < 1.29 is 4.79 Å². The van der Waals surface area contributed by atoms with E-state index in [4.69, 9.17) is 0 Å². The van der Waals surface area contributed by atoms with Crippen LogP contribution in [-0.4, -0.2) is 22.0 Å². The van der Waals surface area contributed by atoms with Crippen LogP contribution in [-0.2, 0) is 17.8 Å². The van der Waals surface area contributed by atoms with Crippen molar-refractivity contribution in [3.63, 3.8) is 0 Å². The van der Waals surface area contributed by atoms with Gasteiger partial charge in [0.15, 0.2) is 0 Å². The summed E-state index contributed by atoms with van der Waals surface area (Å²) in [5.41, 5.74) is 7.17. The highest BCUT2D eigenvalue weighted by Crippen LogP contribution is 2.35. The fourth-order valence-electron chi connectivity index (χ4n) is 4.91. The Bertz CT molecular complexity index is 1450. The number of pyridine rings is 1. The number of aryl methyl sites for hydroxylation is 1. The van der Waals surface area contributed by atoms with Crippen molar-refractivity contribution in [2.45, 2.75) is 32.2 Å². The van der Waals surface area contributed by atoms with Crippen molar-refractivity contribution >= 4 is 29.2 Å². The molecule has 0 saturated carbocycles. The molecule has 4 nitrogen and oxygen atoms in total. The fraction of sp³-hybridized carbons (Fsp3) is 0.188. The first-order valence-corrected chi connectivity index (χ1v) is 12.5. The van der Waals surface area contributed by atoms with Gasteiger partial charge in [0, 0.05) is 54.9 Å². The normalized spacial score (nSPS) is 11.6. The van der Waals surface area contributed by atoms with Gasteiger partial charge < -0.3 is 9.88 Å². The Morgan fingerprint density at radius 1 is 0.892 bits per heavy atom. The molecule has 188 valence electrons. The first kappa shape index (κ1) is 26.2. The zero-order chi connectivity index (χ0) is 24.7. The van der Waals surface area contributed by atoms with Crippen LogP contribution >= 0.6 is 12.4 Å². The van der Waals surface area contributed by atoms with Gasteiger partial charge in [-0.1, -0.05) is 78.4 Å². The lowest BCUT2D eigenvalue weighted by molar-refractivity contribution is -0.121. The lowest BCUT2D eigenvalue weighted by Crippen LogP contribution is -2.27. The van der Waals surface area contributed by atoms with E-state index in [1.165, 1.54) is 38.7 Å². The van der Waals surface area contributed by atoms with Crippen LogP contribution in [0, 0.1) is 6.92 Å². The lowest BCUT2D eigenvalue weighted by Gasteiger charge is -2.18. The highest BCUT2D eigenvalue weighted by atomic mass is 35.5. The molecular weight excluding hydrogens is 478 g/mol. The van der Waals surface area contributed by atoms with Crippen LogP contribution in [0.15, 0.2) is 110 Å². The third-order valence-electron chi connectivity index (χ3n) is 6.71. The Morgan fingerprint density at radius 3 is 2.43 bits per heavy atom. The van der Waals surface area contributed by atoms with Crippen LogP contribution < -0.4 is 5.32 Å². The molecule has 2 aromatic heterocycles. The Kier molecular flexibility index (Phi) is 8.76. The molecule has 1 unspecified atom stereocenters. The van der Waals surface area contributed by atoms with Crippen molar-refractivity contribution in [1.82, 2.24) is 14.9 Å². The summed E-state index contributed by atoms with van der Waals surface area (Å²) in [6.07, 6.45) is 7.01. The van der Waals surface area contributed by atoms with E-state index in [0.717, 1.165) is 13.0 Å². The van der Waals surface area contributed by atoms with Gasteiger partial charge in [0.25, 0.3) is 0 Å². The summed E-state index contributed by atoms with van der Waals surface area (Å²) in [7, 11) is 0. The second-order valence-corrected chi connectivity index (χ2v) is 9.34. The number of halogens is 1. The zero-order valence-electron chi connectivity index (χ0n) is 21.0. The van der Waals surface area contributed by atoms with Gasteiger partial charge >= 0.3 is 0 Å². The fourth-order valence-corrected chi connectivity index (χ4v) is 4.91. The number of rotatable bonds is 9. The van der Waals surface area contributed by atoms with Gasteiger partial charge in [0.2, 0.25) is 5.91 Å².